The molecule has 4 heavy (non-hydrogen) atoms. The fraction of sp³-hybridized carbons (Fsp3) is 0.500. The van der Waals surface area contributed by atoms with Gasteiger partial charge in [0.25, 0.3) is 0 Å². The lowest BCUT2D eigenvalue weighted by atomic mass is 10.8. The summed E-state index contributed by atoms with van der Waals surface area (Å²) in [4.78, 5) is 9.05. The molecule has 0 aromatic rings. The molecule has 0 aliphatic heterocycles. The van der Waals surface area contributed by atoms with Gasteiger partial charge in [-0.25, -0.2) is 0 Å². The molecule has 0 spiro atoms. The zero-order valence-electron chi connectivity index (χ0n) is 3.27. The molecule has 0 saturated heterocycles. The van der Waals surface area contributed by atoms with Crippen molar-refractivity contribution in [1.82, 2.24) is 0 Å². The quantitative estimate of drug-likeness (QED) is 0.405. The van der Waals surface area contributed by atoms with Gasteiger partial charge in [0.15, 0.2) is 0 Å². The molecule has 0 radical (unpaired) electrons. The van der Waals surface area contributed by atoms with Crippen LogP contribution >= 0.6 is 0 Å². The number of hydrogen-bond donors (Lipinski definition) is 1. The van der Waals surface area contributed by atoms with E-state index in [9.17, 15) is 0 Å². The standard InChI is InChI=1S/C2H5NO/c3-1-2-4/h2H,1,3H2/p+1. The number of carbonyl (C=O) groups is 1. The van der Waals surface area contributed by atoms with Crippen molar-refractivity contribution in [3.8, 4) is 0 Å². The molecule has 0 fully saturated rings. The Morgan fingerprint density at radius 1 is 2.25 bits per heavy atom. The van der Waals surface area contributed by atoms with Crippen molar-refractivity contribution >= 4 is 6.29 Å². The highest BCUT2D eigenvalue weighted by molar-refractivity contribution is 5.51. The molecule has 0 bridgehead atoms. The molecular formula is C2H6NO+. The predicted octanol–water partition coefficient (Wildman–Crippen LogP) is -0.744. The van der Waals surface area contributed by atoms with Crippen LogP contribution in [0.4, 0.5) is 0 Å². The van der Waals surface area contributed by atoms with Gasteiger partial charge in [-0.2, -0.15) is 0 Å². The minimum absolute atomic E-state index is 0. The van der Waals surface area contributed by atoms with Gasteiger partial charge in [-0.3, -0.25) is 0 Å². The monoisotopic (exact) mass is 60.0 g/mol. The Kier molecular flexibility index (Phi) is 2.39. The lowest BCUT2D eigenvalue weighted by Gasteiger charge is -1.55. The van der Waals surface area contributed by atoms with Crippen LogP contribution in [0.5, 0.6) is 0 Å². The molecule has 0 saturated carbocycles. The van der Waals surface area contributed by atoms with Gasteiger partial charge < -0.3 is 10.5 Å². The molecule has 0 amide bonds. The van der Waals surface area contributed by atoms with Crippen molar-refractivity contribution in [3.63, 3.8) is 0 Å². The normalized spacial score (nSPS) is 6.25. The summed E-state index contributed by atoms with van der Waals surface area (Å²) in [7, 11) is 0. The second-order valence-electron chi connectivity index (χ2n) is 0.402. The Balaban J connectivity index is 0. The lowest BCUT2D eigenvalue weighted by Crippen LogP contribution is -1.97. The molecule has 24 valence electrons. The number of carbonyl (C=O) groups excluding carboxylic acids is 1. The van der Waals surface area contributed by atoms with Crippen LogP contribution < -0.4 is 5.73 Å². The highest BCUT2D eigenvalue weighted by Crippen LogP contribution is 1.18. The zero-order valence-corrected chi connectivity index (χ0v) is 2.27. The third-order valence-corrected chi connectivity index (χ3v) is 0.0962. The smallest absolute Gasteiger partial charge is 0.324 e. The summed E-state index contributed by atoms with van der Waals surface area (Å²) in [6, 6.07) is 0. The first-order valence-corrected chi connectivity index (χ1v) is 1.05. The average molecular weight is 60.1 g/mol. The summed E-state index contributed by atoms with van der Waals surface area (Å²) in [6.07, 6.45) is 0.653. The van der Waals surface area contributed by atoms with E-state index in [-0.39, 0.29) is 7.97 Å². The highest BCUT2D eigenvalue weighted by atomic mass is 16.1. The van der Waals surface area contributed by atoms with E-state index < -0.39 is 0 Å². The van der Waals surface area contributed by atoms with E-state index in [1.54, 1.807) is 0 Å². The van der Waals surface area contributed by atoms with Gasteiger partial charge in [0.2, 0.25) is 0 Å². The number of aldehydes is 1. The zero-order chi connectivity index (χ0) is 3.41. The summed E-state index contributed by atoms with van der Waals surface area (Å²) >= 11 is 0. The summed E-state index contributed by atoms with van der Waals surface area (Å²) < 4.78 is 0. The van der Waals surface area contributed by atoms with E-state index in [0.717, 1.165) is 0 Å². The molecule has 0 heterocycles. The van der Waals surface area contributed by atoms with Crippen LogP contribution in [0.15, 0.2) is 0 Å². The van der Waals surface area contributed by atoms with E-state index in [1.807, 2.05) is 0 Å². The Morgan fingerprint density at radius 3 is 2.50 bits per heavy atom. The summed E-state index contributed by atoms with van der Waals surface area (Å²) in [6.45, 7) is 0.139. The van der Waals surface area contributed by atoms with E-state index >= 15 is 0 Å². The van der Waals surface area contributed by atoms with Gasteiger partial charge in [0, 0.05) is 6.54 Å². The molecule has 0 aliphatic rings. The van der Waals surface area contributed by atoms with Crippen LogP contribution in [0.3, 0.4) is 0 Å². The van der Waals surface area contributed by atoms with Crippen LogP contribution in [-0.2, 0) is 4.79 Å². The van der Waals surface area contributed by atoms with Crippen molar-refractivity contribution in [2.75, 3.05) is 6.54 Å². The molecular weight excluding hydrogens is 54.0 g/mol. The predicted molar refractivity (Wildman–Crippen MR) is 16.2 cm³/mol. The first kappa shape index (κ1) is 3.63. The lowest BCUT2D eigenvalue weighted by molar-refractivity contribution is -0.106. The maximum atomic E-state index is 9.05. The molecule has 2 nitrogen and oxygen atoms in total. The molecule has 0 aliphatic carbocycles. The third-order valence-electron chi connectivity index (χ3n) is 0.0962. The van der Waals surface area contributed by atoms with Gasteiger partial charge in [-0.15, -0.1) is 0 Å². The maximum absolute atomic E-state index is 9.05. The van der Waals surface area contributed by atoms with Gasteiger partial charge in [0.1, 0.15) is 6.29 Å². The SMILES string of the molecule is NCC=O.[H+]. The summed E-state index contributed by atoms with van der Waals surface area (Å²) in [5.74, 6) is 0. The molecule has 0 atom stereocenters. The highest BCUT2D eigenvalue weighted by Gasteiger charge is 1.51. The molecule has 0 aromatic heterocycles. The second kappa shape index (κ2) is 2.63. The molecule has 0 unspecified atom stereocenters. The van der Waals surface area contributed by atoms with Gasteiger partial charge in [-0.1, -0.05) is 0 Å². The first-order chi connectivity index (χ1) is 1.91. The van der Waals surface area contributed by atoms with E-state index in [1.165, 1.54) is 0 Å². The average Bonchev–Trinajstić information content (AvgIpc) is 1.37. The molecule has 0 rings (SSSR count). The van der Waals surface area contributed by atoms with Crippen molar-refractivity contribution in [2.24, 2.45) is 5.73 Å². The Labute approximate surface area is 26.1 Å². The fourth-order valence-electron chi connectivity index (χ4n) is 0. The van der Waals surface area contributed by atoms with E-state index in [2.05, 4.69) is 5.73 Å². The second-order valence-corrected chi connectivity index (χ2v) is 0.402. The van der Waals surface area contributed by atoms with E-state index in [4.69, 9.17) is 4.79 Å². The van der Waals surface area contributed by atoms with Crippen molar-refractivity contribution in [2.45, 2.75) is 0 Å². The Morgan fingerprint density at radius 2 is 2.50 bits per heavy atom. The molecule has 0 aromatic carbocycles. The van der Waals surface area contributed by atoms with Gasteiger partial charge in [0.05, 0.1) is 0 Å². The fourth-order valence-corrected chi connectivity index (χ4v) is 0. The minimum atomic E-state index is 0. The first-order valence-electron chi connectivity index (χ1n) is 1.05. The maximum Gasteiger partial charge on any atom is 1.00 e. The van der Waals surface area contributed by atoms with Crippen molar-refractivity contribution < 1.29 is 6.22 Å². The van der Waals surface area contributed by atoms with E-state index in [0.29, 0.717) is 6.29 Å². The largest absolute Gasteiger partial charge is 1.00 e. The van der Waals surface area contributed by atoms with Gasteiger partial charge in [-0.05, 0) is 0 Å². The Hall–Kier alpha value is -0.370. The number of rotatable bonds is 1. The molecule has 2 heteroatoms. The topological polar surface area (TPSA) is 43.1 Å². The van der Waals surface area contributed by atoms with Crippen molar-refractivity contribution in [3.05, 3.63) is 0 Å². The minimum Gasteiger partial charge on any atom is -0.324 e. The van der Waals surface area contributed by atoms with Crippen LogP contribution in [-0.4, -0.2) is 12.8 Å². The molecule has 2 N–H and O–H groups in total. The van der Waals surface area contributed by atoms with Crippen LogP contribution in [0, 0.1) is 0 Å². The van der Waals surface area contributed by atoms with Gasteiger partial charge >= 0.3 is 1.43 Å². The van der Waals surface area contributed by atoms with Crippen LogP contribution in [0.1, 0.15) is 1.43 Å². The third kappa shape index (κ3) is 1.63. The number of hydrogen-bond acceptors (Lipinski definition) is 2. The summed E-state index contributed by atoms with van der Waals surface area (Å²) in [5, 5.41) is 0. The van der Waals surface area contributed by atoms with Crippen LogP contribution in [0.25, 0.3) is 0 Å². The number of nitrogens with two attached hydrogens (primary N) is 1. The van der Waals surface area contributed by atoms with Crippen molar-refractivity contribution in [1.29, 1.82) is 0 Å². The Bertz CT molecular complexity index is 23.6. The summed E-state index contributed by atoms with van der Waals surface area (Å²) in [5.41, 5.74) is 4.66. The van der Waals surface area contributed by atoms with Crippen LogP contribution in [0.2, 0.25) is 0 Å².